The Kier molecular flexibility index (Phi) is 7.90. The Morgan fingerprint density at radius 2 is 1.36 bits per heavy atom. The van der Waals surface area contributed by atoms with Gasteiger partial charge in [-0.05, 0) is 52.3 Å². The molecule has 3 N–H and O–H groups in total. The van der Waals surface area contributed by atoms with Gasteiger partial charge in [0.15, 0.2) is 0 Å². The van der Waals surface area contributed by atoms with Crippen LogP contribution in [0.15, 0.2) is 24.3 Å². The van der Waals surface area contributed by atoms with Gasteiger partial charge < -0.3 is 29.7 Å². The minimum atomic E-state index is -1.01. The predicted octanol–water partition coefficient (Wildman–Crippen LogP) is 0.301. The summed E-state index contributed by atoms with van der Waals surface area (Å²) >= 11 is 0. The van der Waals surface area contributed by atoms with Crippen LogP contribution in [0.2, 0.25) is 0 Å². The van der Waals surface area contributed by atoms with E-state index in [0.29, 0.717) is 0 Å². The molecular formula is C18H33BN2O4. The topological polar surface area (TPSA) is 76.4 Å². The number of aliphatic hydroxyl groups is 2. The molecule has 0 radical (unpaired) electrons. The van der Waals surface area contributed by atoms with E-state index in [0.717, 1.165) is 31.6 Å². The Bertz CT molecular complexity index is 491. The SMILES string of the molecule is CC(C)(O)C(C)(C)O.COB(O)c1ccc(N2CCN(C)CC2)cc1. The number of benzene rings is 1. The van der Waals surface area contributed by atoms with Crippen LogP contribution in [0, 0.1) is 0 Å². The molecule has 0 saturated carbocycles. The maximum Gasteiger partial charge on any atom is 0.490 e. The number of anilines is 1. The molecule has 0 aromatic heterocycles. The molecule has 0 amide bonds. The number of likely N-dealkylation sites (N-methyl/N-ethyl adjacent to an activating group) is 1. The van der Waals surface area contributed by atoms with Crippen molar-refractivity contribution in [1.29, 1.82) is 0 Å². The van der Waals surface area contributed by atoms with Crippen LogP contribution in [0.3, 0.4) is 0 Å². The molecule has 7 heteroatoms. The highest BCUT2D eigenvalue weighted by molar-refractivity contribution is 6.59. The molecule has 0 atom stereocenters. The number of rotatable bonds is 4. The van der Waals surface area contributed by atoms with Crippen molar-refractivity contribution >= 4 is 18.3 Å². The van der Waals surface area contributed by atoms with Crippen LogP contribution in [0.4, 0.5) is 5.69 Å². The lowest BCUT2D eigenvalue weighted by Crippen LogP contribution is -2.44. The van der Waals surface area contributed by atoms with Gasteiger partial charge in [-0.1, -0.05) is 12.1 Å². The lowest BCUT2D eigenvalue weighted by atomic mass is 9.80. The molecule has 0 spiro atoms. The molecule has 1 heterocycles. The summed E-state index contributed by atoms with van der Waals surface area (Å²) in [4.78, 5) is 4.70. The smallest absolute Gasteiger partial charge is 0.423 e. The molecule has 0 bridgehead atoms. The van der Waals surface area contributed by atoms with Crippen LogP contribution < -0.4 is 10.4 Å². The number of piperazine rings is 1. The van der Waals surface area contributed by atoms with Gasteiger partial charge >= 0.3 is 7.12 Å². The van der Waals surface area contributed by atoms with Crippen LogP contribution in [-0.2, 0) is 4.65 Å². The Hall–Kier alpha value is -1.12. The van der Waals surface area contributed by atoms with Gasteiger partial charge in [0, 0.05) is 39.0 Å². The zero-order chi connectivity index (χ0) is 19.3. The second-order valence-corrected chi connectivity index (χ2v) is 7.59. The number of hydrogen-bond donors (Lipinski definition) is 3. The van der Waals surface area contributed by atoms with Gasteiger partial charge in [-0.25, -0.2) is 0 Å². The maximum absolute atomic E-state index is 9.52. The first-order valence-electron chi connectivity index (χ1n) is 8.65. The monoisotopic (exact) mass is 352 g/mol. The summed E-state index contributed by atoms with van der Waals surface area (Å²) in [5.74, 6) is 0. The molecule has 142 valence electrons. The number of nitrogens with zero attached hydrogens (tertiary/aromatic N) is 2. The average Bonchev–Trinajstić information content (AvgIpc) is 2.54. The van der Waals surface area contributed by atoms with Crippen LogP contribution >= 0.6 is 0 Å². The van der Waals surface area contributed by atoms with E-state index < -0.39 is 18.3 Å². The van der Waals surface area contributed by atoms with Gasteiger partial charge in [0.2, 0.25) is 0 Å². The van der Waals surface area contributed by atoms with Gasteiger partial charge in [0.05, 0.1) is 11.2 Å². The molecule has 1 saturated heterocycles. The predicted molar refractivity (Wildman–Crippen MR) is 103 cm³/mol. The van der Waals surface area contributed by atoms with E-state index in [-0.39, 0.29) is 0 Å². The van der Waals surface area contributed by atoms with Crippen molar-refractivity contribution in [1.82, 2.24) is 4.90 Å². The normalized spacial score (nSPS) is 16.3. The highest BCUT2D eigenvalue weighted by Gasteiger charge is 2.31. The van der Waals surface area contributed by atoms with E-state index in [9.17, 15) is 5.02 Å². The third-order valence-corrected chi connectivity index (χ3v) is 4.77. The molecule has 1 aliphatic rings. The molecule has 0 aliphatic carbocycles. The molecule has 1 aliphatic heterocycles. The standard InChI is InChI=1S/C12H19BN2O2.C6H14O2/c1-14-7-9-15(10-8-14)12-5-3-11(4-6-12)13(16)17-2;1-5(2,7)6(3,4)8/h3-6,16H,7-10H2,1-2H3;7-8H,1-4H3. The third kappa shape index (κ3) is 6.95. The van der Waals surface area contributed by atoms with Crippen molar-refractivity contribution in [3.8, 4) is 0 Å². The third-order valence-electron chi connectivity index (χ3n) is 4.77. The van der Waals surface area contributed by atoms with Crippen molar-refractivity contribution in [3.05, 3.63) is 24.3 Å². The van der Waals surface area contributed by atoms with Crippen molar-refractivity contribution in [3.63, 3.8) is 0 Å². The molecule has 1 fully saturated rings. The maximum atomic E-state index is 9.52. The summed E-state index contributed by atoms with van der Waals surface area (Å²) in [6.45, 7) is 10.6. The fourth-order valence-electron chi connectivity index (χ4n) is 2.05. The Balaban J connectivity index is 0.000000333. The van der Waals surface area contributed by atoms with E-state index in [1.165, 1.54) is 12.8 Å². The highest BCUT2D eigenvalue weighted by Crippen LogP contribution is 2.19. The second kappa shape index (κ2) is 9.01. The molecule has 1 aromatic rings. The summed E-state index contributed by atoms with van der Waals surface area (Å²) in [6, 6.07) is 7.93. The van der Waals surface area contributed by atoms with Gasteiger partial charge in [-0.15, -0.1) is 0 Å². The molecular weight excluding hydrogens is 319 g/mol. The van der Waals surface area contributed by atoms with Crippen LogP contribution in [0.5, 0.6) is 0 Å². The lowest BCUT2D eigenvalue weighted by Gasteiger charge is -2.34. The van der Waals surface area contributed by atoms with E-state index in [2.05, 4.69) is 16.8 Å². The summed E-state index contributed by atoms with van der Waals surface area (Å²) < 4.78 is 4.87. The summed E-state index contributed by atoms with van der Waals surface area (Å²) in [5.41, 5.74) is -0.00414. The fourth-order valence-corrected chi connectivity index (χ4v) is 2.05. The summed E-state index contributed by atoms with van der Waals surface area (Å²) in [6.07, 6.45) is 0. The summed E-state index contributed by atoms with van der Waals surface area (Å²) in [7, 11) is 2.82. The average molecular weight is 352 g/mol. The lowest BCUT2D eigenvalue weighted by molar-refractivity contribution is -0.107. The fraction of sp³-hybridized carbons (Fsp3) is 0.667. The minimum absolute atomic E-state index is 0.797. The Morgan fingerprint density at radius 3 is 1.72 bits per heavy atom. The van der Waals surface area contributed by atoms with E-state index >= 15 is 0 Å². The van der Waals surface area contributed by atoms with E-state index in [1.807, 2.05) is 24.3 Å². The van der Waals surface area contributed by atoms with Gasteiger partial charge in [0.1, 0.15) is 0 Å². The van der Waals surface area contributed by atoms with Gasteiger partial charge in [0.25, 0.3) is 0 Å². The first kappa shape index (κ1) is 21.9. The molecule has 2 rings (SSSR count). The van der Waals surface area contributed by atoms with Gasteiger partial charge in [-0.2, -0.15) is 0 Å². The Labute approximate surface area is 152 Å². The second-order valence-electron chi connectivity index (χ2n) is 7.59. The van der Waals surface area contributed by atoms with E-state index in [4.69, 9.17) is 14.9 Å². The van der Waals surface area contributed by atoms with Crippen LogP contribution in [-0.4, -0.2) is 78.8 Å². The zero-order valence-corrected chi connectivity index (χ0v) is 16.4. The van der Waals surface area contributed by atoms with Crippen LogP contribution in [0.1, 0.15) is 27.7 Å². The van der Waals surface area contributed by atoms with Crippen molar-refractivity contribution < 1.29 is 19.9 Å². The molecule has 6 nitrogen and oxygen atoms in total. The molecule has 0 unspecified atom stereocenters. The van der Waals surface area contributed by atoms with Crippen LogP contribution in [0.25, 0.3) is 0 Å². The largest absolute Gasteiger partial charge is 0.490 e. The van der Waals surface area contributed by atoms with E-state index in [1.54, 1.807) is 27.7 Å². The molecule has 25 heavy (non-hydrogen) atoms. The Morgan fingerprint density at radius 1 is 0.920 bits per heavy atom. The number of hydrogen-bond acceptors (Lipinski definition) is 6. The quantitative estimate of drug-likeness (QED) is 0.677. The van der Waals surface area contributed by atoms with Crippen molar-refractivity contribution in [2.75, 3.05) is 45.2 Å². The zero-order valence-electron chi connectivity index (χ0n) is 16.4. The van der Waals surface area contributed by atoms with Crippen molar-refractivity contribution in [2.45, 2.75) is 38.9 Å². The first-order chi connectivity index (χ1) is 11.5. The minimum Gasteiger partial charge on any atom is -0.423 e. The summed E-state index contributed by atoms with van der Waals surface area (Å²) in [5, 5.41) is 27.7. The highest BCUT2D eigenvalue weighted by atomic mass is 16.5. The van der Waals surface area contributed by atoms with Crippen molar-refractivity contribution in [2.24, 2.45) is 0 Å². The molecule has 1 aromatic carbocycles. The van der Waals surface area contributed by atoms with Gasteiger partial charge in [-0.3, -0.25) is 0 Å². The first-order valence-corrected chi connectivity index (χ1v) is 8.65.